The summed E-state index contributed by atoms with van der Waals surface area (Å²) in [6.45, 7) is 4.14. The fourth-order valence-corrected chi connectivity index (χ4v) is 4.15. The van der Waals surface area contributed by atoms with E-state index in [9.17, 15) is 19.4 Å². The van der Waals surface area contributed by atoms with E-state index >= 15 is 0 Å². The SMILES string of the molecule is CCCC[C@@H](F)[C@H](O)CC[C@@H]1[C@@H](CC=CCCCC(=O)O)[C@@H](O)C[C@H]1C. The Kier molecular flexibility index (Phi) is 11.1. The first-order valence-corrected chi connectivity index (χ1v) is 10.2. The zero-order valence-corrected chi connectivity index (χ0v) is 16.3. The van der Waals surface area contributed by atoms with Crippen molar-refractivity contribution in [2.45, 2.75) is 96.4 Å². The van der Waals surface area contributed by atoms with Crippen molar-refractivity contribution >= 4 is 5.97 Å². The second-order valence-electron chi connectivity index (χ2n) is 7.90. The van der Waals surface area contributed by atoms with Crippen LogP contribution in [-0.2, 0) is 4.79 Å². The predicted octanol–water partition coefficient (Wildman–Crippen LogP) is 4.49. The standard InChI is InChI=1S/C21H37FO4/c1-3-4-10-18(22)19(23)13-12-16-15(2)14-20(24)17(16)9-7-5-6-8-11-21(25)26/h5,7,15-20,23-24H,3-4,6,8-14H2,1-2H3,(H,25,26)/t15-,16+,17-,18-,19-,20+/m1/s1. The summed E-state index contributed by atoms with van der Waals surface area (Å²) in [5, 5.41) is 29.0. The summed E-state index contributed by atoms with van der Waals surface area (Å²) < 4.78 is 14.0. The third-order valence-corrected chi connectivity index (χ3v) is 5.77. The average molecular weight is 373 g/mol. The van der Waals surface area contributed by atoms with Crippen molar-refractivity contribution < 1.29 is 24.5 Å². The van der Waals surface area contributed by atoms with Crippen LogP contribution in [0.5, 0.6) is 0 Å². The summed E-state index contributed by atoms with van der Waals surface area (Å²) in [7, 11) is 0. The van der Waals surface area contributed by atoms with Crippen molar-refractivity contribution in [2.24, 2.45) is 17.8 Å². The van der Waals surface area contributed by atoms with Crippen LogP contribution in [0, 0.1) is 17.8 Å². The lowest BCUT2D eigenvalue weighted by atomic mass is 9.83. The highest BCUT2D eigenvalue weighted by Gasteiger charge is 2.39. The van der Waals surface area contributed by atoms with Crippen LogP contribution in [0.1, 0.15) is 78.1 Å². The first-order chi connectivity index (χ1) is 12.4. The summed E-state index contributed by atoms with van der Waals surface area (Å²) in [6, 6.07) is 0. The molecule has 0 aliphatic heterocycles. The lowest BCUT2D eigenvalue weighted by Gasteiger charge is -2.25. The summed E-state index contributed by atoms with van der Waals surface area (Å²) in [4.78, 5) is 10.5. The Morgan fingerprint density at radius 1 is 1.23 bits per heavy atom. The fourth-order valence-electron chi connectivity index (χ4n) is 4.15. The van der Waals surface area contributed by atoms with Gasteiger partial charge >= 0.3 is 5.97 Å². The Morgan fingerprint density at radius 3 is 2.62 bits per heavy atom. The lowest BCUT2D eigenvalue weighted by Crippen LogP contribution is -2.25. The summed E-state index contributed by atoms with van der Waals surface area (Å²) in [5.74, 6) is 0.0294. The first-order valence-electron chi connectivity index (χ1n) is 10.2. The van der Waals surface area contributed by atoms with Gasteiger partial charge in [-0.2, -0.15) is 0 Å². The van der Waals surface area contributed by atoms with E-state index in [0.717, 1.165) is 38.5 Å². The Labute approximate surface area is 157 Å². The second kappa shape index (κ2) is 12.4. The topological polar surface area (TPSA) is 77.8 Å². The van der Waals surface area contributed by atoms with Crippen LogP contribution < -0.4 is 0 Å². The van der Waals surface area contributed by atoms with Crippen LogP contribution >= 0.6 is 0 Å². The highest BCUT2D eigenvalue weighted by Crippen LogP contribution is 2.42. The third-order valence-electron chi connectivity index (χ3n) is 5.77. The number of aliphatic hydroxyl groups is 2. The van der Waals surface area contributed by atoms with Gasteiger partial charge in [0.2, 0.25) is 0 Å². The van der Waals surface area contributed by atoms with E-state index in [0.29, 0.717) is 31.1 Å². The largest absolute Gasteiger partial charge is 0.481 e. The number of halogens is 1. The van der Waals surface area contributed by atoms with Crippen molar-refractivity contribution in [1.29, 1.82) is 0 Å². The minimum Gasteiger partial charge on any atom is -0.481 e. The minimum absolute atomic E-state index is 0.140. The summed E-state index contributed by atoms with van der Waals surface area (Å²) in [5.41, 5.74) is 0. The molecule has 152 valence electrons. The van der Waals surface area contributed by atoms with Gasteiger partial charge < -0.3 is 15.3 Å². The van der Waals surface area contributed by atoms with Gasteiger partial charge in [0.25, 0.3) is 0 Å². The van der Waals surface area contributed by atoms with Gasteiger partial charge in [0.1, 0.15) is 6.17 Å². The molecule has 0 radical (unpaired) electrons. The van der Waals surface area contributed by atoms with Crippen molar-refractivity contribution in [3.05, 3.63) is 12.2 Å². The number of allylic oxidation sites excluding steroid dienone is 2. The van der Waals surface area contributed by atoms with Gasteiger partial charge in [-0.3, -0.25) is 4.79 Å². The smallest absolute Gasteiger partial charge is 0.303 e. The number of aliphatic carboxylic acids is 1. The van der Waals surface area contributed by atoms with E-state index in [4.69, 9.17) is 5.11 Å². The van der Waals surface area contributed by atoms with E-state index in [1.54, 1.807) is 0 Å². The van der Waals surface area contributed by atoms with Gasteiger partial charge in [0, 0.05) is 6.42 Å². The van der Waals surface area contributed by atoms with Crippen LogP contribution in [0.4, 0.5) is 4.39 Å². The molecular formula is C21H37FO4. The summed E-state index contributed by atoms with van der Waals surface area (Å²) in [6.07, 6.45) is 8.01. The van der Waals surface area contributed by atoms with Gasteiger partial charge in [-0.15, -0.1) is 0 Å². The average Bonchev–Trinajstić information content (AvgIpc) is 2.86. The van der Waals surface area contributed by atoms with Crippen LogP contribution in [-0.4, -0.2) is 39.7 Å². The molecule has 0 amide bonds. The Morgan fingerprint density at radius 2 is 1.96 bits per heavy atom. The van der Waals surface area contributed by atoms with Gasteiger partial charge in [-0.05, 0) is 62.7 Å². The van der Waals surface area contributed by atoms with Crippen molar-refractivity contribution in [2.75, 3.05) is 0 Å². The van der Waals surface area contributed by atoms with Crippen LogP contribution in [0.15, 0.2) is 12.2 Å². The molecule has 1 rings (SSSR count). The lowest BCUT2D eigenvalue weighted by molar-refractivity contribution is -0.137. The number of carboxylic acids is 1. The van der Waals surface area contributed by atoms with E-state index in [1.807, 2.05) is 19.1 Å². The molecule has 0 aromatic rings. The molecule has 26 heavy (non-hydrogen) atoms. The molecule has 1 saturated carbocycles. The highest BCUT2D eigenvalue weighted by molar-refractivity contribution is 5.66. The zero-order chi connectivity index (χ0) is 19.5. The second-order valence-corrected chi connectivity index (χ2v) is 7.90. The van der Waals surface area contributed by atoms with Gasteiger partial charge in [-0.1, -0.05) is 38.8 Å². The molecule has 1 aliphatic carbocycles. The first kappa shape index (κ1) is 23.1. The van der Waals surface area contributed by atoms with Crippen LogP contribution in [0.25, 0.3) is 0 Å². The normalized spacial score (nSPS) is 28.5. The number of carbonyl (C=O) groups is 1. The fraction of sp³-hybridized carbons (Fsp3) is 0.857. The molecule has 1 aliphatic rings. The van der Waals surface area contributed by atoms with Crippen molar-refractivity contribution in [3.8, 4) is 0 Å². The molecule has 0 heterocycles. The Bertz CT molecular complexity index is 426. The van der Waals surface area contributed by atoms with E-state index in [-0.39, 0.29) is 18.4 Å². The minimum atomic E-state index is -1.15. The highest BCUT2D eigenvalue weighted by atomic mass is 19.1. The molecule has 0 bridgehead atoms. The maximum Gasteiger partial charge on any atom is 0.303 e. The number of unbranched alkanes of at least 4 members (excludes halogenated alkanes) is 2. The maximum atomic E-state index is 14.0. The molecular weight excluding hydrogens is 335 g/mol. The van der Waals surface area contributed by atoms with E-state index < -0.39 is 18.2 Å². The molecule has 4 nitrogen and oxygen atoms in total. The van der Waals surface area contributed by atoms with Crippen molar-refractivity contribution in [3.63, 3.8) is 0 Å². The number of carboxylic acid groups (broad SMARTS) is 1. The summed E-state index contributed by atoms with van der Waals surface area (Å²) >= 11 is 0. The number of hydrogen-bond donors (Lipinski definition) is 3. The number of alkyl halides is 1. The Balaban J connectivity index is 2.43. The number of aliphatic hydroxyl groups excluding tert-OH is 2. The molecule has 0 aromatic carbocycles. The molecule has 5 heteroatoms. The quantitative estimate of drug-likeness (QED) is 0.329. The van der Waals surface area contributed by atoms with Gasteiger partial charge in [-0.25, -0.2) is 4.39 Å². The van der Waals surface area contributed by atoms with E-state index in [2.05, 4.69) is 6.92 Å². The van der Waals surface area contributed by atoms with Crippen molar-refractivity contribution in [1.82, 2.24) is 0 Å². The zero-order valence-electron chi connectivity index (χ0n) is 16.3. The van der Waals surface area contributed by atoms with E-state index in [1.165, 1.54) is 0 Å². The molecule has 0 aromatic heterocycles. The predicted molar refractivity (Wildman–Crippen MR) is 102 cm³/mol. The monoisotopic (exact) mass is 372 g/mol. The van der Waals surface area contributed by atoms with Gasteiger partial charge in [0.15, 0.2) is 0 Å². The van der Waals surface area contributed by atoms with Gasteiger partial charge in [0.05, 0.1) is 12.2 Å². The third kappa shape index (κ3) is 8.17. The molecule has 0 unspecified atom stereocenters. The Hall–Kier alpha value is -0.940. The molecule has 0 spiro atoms. The van der Waals surface area contributed by atoms with Crippen LogP contribution in [0.2, 0.25) is 0 Å². The number of rotatable bonds is 13. The number of hydrogen-bond acceptors (Lipinski definition) is 3. The molecule has 0 saturated heterocycles. The van der Waals surface area contributed by atoms with Crippen LogP contribution in [0.3, 0.4) is 0 Å². The molecule has 1 fully saturated rings. The maximum absolute atomic E-state index is 14.0. The molecule has 6 atom stereocenters. The molecule has 3 N–H and O–H groups in total.